The Bertz CT molecular complexity index is 1450. The molecule has 0 saturated carbocycles. The molecule has 0 heterocycles. The van der Waals surface area contributed by atoms with Crippen molar-refractivity contribution in [1.82, 2.24) is 10.2 Å². The van der Waals surface area contributed by atoms with E-state index in [9.17, 15) is 18.0 Å². The predicted molar refractivity (Wildman–Crippen MR) is 161 cm³/mol. The lowest BCUT2D eigenvalue weighted by atomic mass is 10.1. The van der Waals surface area contributed by atoms with Gasteiger partial charge in [-0.05, 0) is 77.3 Å². The van der Waals surface area contributed by atoms with E-state index in [1.807, 2.05) is 84.9 Å². The van der Waals surface area contributed by atoms with Crippen LogP contribution in [0.2, 0.25) is 0 Å². The Hall–Kier alpha value is -3.65. The largest absolute Gasteiger partial charge is 0.352 e. The Balaban J connectivity index is 2.10. The minimum Gasteiger partial charge on any atom is -0.352 e. The van der Waals surface area contributed by atoms with Crippen molar-refractivity contribution in [3.63, 3.8) is 0 Å². The number of sulfonamides is 1. The molecule has 0 bridgehead atoms. The molecule has 0 radical (unpaired) electrons. The molecule has 0 spiro atoms. The van der Waals surface area contributed by atoms with Crippen molar-refractivity contribution in [2.75, 3.05) is 10.8 Å². The maximum atomic E-state index is 14.2. The first kappa shape index (κ1) is 30.9. The molecule has 0 saturated heterocycles. The first-order valence-corrected chi connectivity index (χ1v) is 15.1. The Morgan fingerprint density at radius 1 is 0.850 bits per heavy atom. The van der Waals surface area contributed by atoms with Crippen molar-refractivity contribution in [3.05, 3.63) is 94.5 Å². The van der Waals surface area contributed by atoms with Gasteiger partial charge in [0.15, 0.2) is 0 Å². The van der Waals surface area contributed by atoms with Gasteiger partial charge in [0.05, 0.1) is 10.6 Å². The van der Waals surface area contributed by atoms with Crippen molar-refractivity contribution >= 4 is 27.5 Å². The van der Waals surface area contributed by atoms with Crippen molar-refractivity contribution < 1.29 is 18.0 Å². The Morgan fingerprint density at radius 3 is 2.05 bits per heavy atom. The zero-order valence-electron chi connectivity index (χ0n) is 24.6. The van der Waals surface area contributed by atoms with Crippen LogP contribution in [0.4, 0.5) is 5.69 Å². The van der Waals surface area contributed by atoms with E-state index in [1.165, 1.54) is 9.21 Å². The molecule has 214 valence electrons. The molecule has 0 aliphatic heterocycles. The van der Waals surface area contributed by atoms with Gasteiger partial charge < -0.3 is 10.2 Å². The van der Waals surface area contributed by atoms with E-state index in [-0.39, 0.29) is 23.4 Å². The normalized spacial score (nSPS) is 12.2. The molecular weight excluding hydrogens is 522 g/mol. The monoisotopic (exact) mass is 563 g/mol. The summed E-state index contributed by atoms with van der Waals surface area (Å²) in [6, 6.07) is 18.9. The highest BCUT2D eigenvalue weighted by molar-refractivity contribution is 7.92. The van der Waals surface area contributed by atoms with E-state index < -0.39 is 28.5 Å². The van der Waals surface area contributed by atoms with Gasteiger partial charge in [0, 0.05) is 12.6 Å². The van der Waals surface area contributed by atoms with Crippen LogP contribution in [-0.2, 0) is 26.2 Å². The number of hydrogen-bond donors (Lipinski definition) is 1. The van der Waals surface area contributed by atoms with Crippen LogP contribution in [0.15, 0.2) is 71.6 Å². The number of aryl methyl sites for hydroxylation is 4. The summed E-state index contributed by atoms with van der Waals surface area (Å²) in [6.07, 6.45) is 0.379. The molecule has 3 aromatic carbocycles. The average Bonchev–Trinajstić information content (AvgIpc) is 2.87. The third-order valence-corrected chi connectivity index (χ3v) is 8.54. The van der Waals surface area contributed by atoms with Gasteiger partial charge >= 0.3 is 0 Å². The topological polar surface area (TPSA) is 86.8 Å². The van der Waals surface area contributed by atoms with Gasteiger partial charge in [-0.25, -0.2) is 8.42 Å². The van der Waals surface area contributed by atoms with Gasteiger partial charge in [-0.15, -0.1) is 0 Å². The van der Waals surface area contributed by atoms with Gasteiger partial charge in [-0.3, -0.25) is 13.9 Å². The summed E-state index contributed by atoms with van der Waals surface area (Å²) in [5, 5.41) is 2.92. The summed E-state index contributed by atoms with van der Waals surface area (Å²) in [5.41, 5.74) is 4.97. The number of carbonyl (C=O) groups excluding carboxylic acids is 2. The van der Waals surface area contributed by atoms with Gasteiger partial charge in [0.25, 0.3) is 10.0 Å². The van der Waals surface area contributed by atoms with Crippen LogP contribution in [0.5, 0.6) is 0 Å². The van der Waals surface area contributed by atoms with E-state index in [2.05, 4.69) is 5.32 Å². The summed E-state index contributed by atoms with van der Waals surface area (Å²) in [4.78, 5) is 29.0. The molecule has 2 amide bonds. The van der Waals surface area contributed by atoms with Gasteiger partial charge in [0.1, 0.15) is 12.6 Å². The van der Waals surface area contributed by atoms with Crippen molar-refractivity contribution in [1.29, 1.82) is 0 Å². The predicted octanol–water partition coefficient (Wildman–Crippen LogP) is 5.45. The van der Waals surface area contributed by atoms with Crippen molar-refractivity contribution in [2.24, 2.45) is 0 Å². The fourth-order valence-corrected chi connectivity index (χ4v) is 6.22. The highest BCUT2D eigenvalue weighted by Crippen LogP contribution is 2.28. The zero-order chi connectivity index (χ0) is 29.6. The summed E-state index contributed by atoms with van der Waals surface area (Å²) in [5.74, 6) is -0.721. The summed E-state index contributed by atoms with van der Waals surface area (Å²) in [7, 11) is -4.10. The summed E-state index contributed by atoms with van der Waals surface area (Å²) >= 11 is 0. The number of anilines is 1. The molecule has 7 nitrogen and oxygen atoms in total. The van der Waals surface area contributed by atoms with Crippen LogP contribution < -0.4 is 9.62 Å². The second kappa shape index (κ2) is 13.1. The molecular formula is C32H41N3O4S. The Morgan fingerprint density at radius 2 is 1.48 bits per heavy atom. The average molecular weight is 564 g/mol. The highest BCUT2D eigenvalue weighted by atomic mass is 32.2. The van der Waals surface area contributed by atoms with Gasteiger partial charge in [-0.2, -0.15) is 0 Å². The van der Waals surface area contributed by atoms with E-state index in [4.69, 9.17) is 0 Å². The fourth-order valence-electron chi connectivity index (χ4n) is 4.74. The minimum atomic E-state index is -4.10. The van der Waals surface area contributed by atoms with Crippen LogP contribution in [0, 0.1) is 27.7 Å². The molecule has 3 aromatic rings. The smallest absolute Gasteiger partial charge is 0.264 e. The molecule has 1 N–H and O–H groups in total. The number of benzene rings is 3. The summed E-state index contributed by atoms with van der Waals surface area (Å²) in [6.45, 7) is 12.9. The summed E-state index contributed by atoms with van der Waals surface area (Å²) < 4.78 is 29.2. The molecule has 0 fully saturated rings. The first-order valence-electron chi connectivity index (χ1n) is 13.7. The lowest BCUT2D eigenvalue weighted by Gasteiger charge is -2.34. The molecule has 40 heavy (non-hydrogen) atoms. The number of nitrogens with zero attached hydrogens (tertiary/aromatic N) is 2. The minimum absolute atomic E-state index is 0.0979. The van der Waals surface area contributed by atoms with Crippen LogP contribution >= 0.6 is 0 Å². The molecule has 0 aliphatic carbocycles. The number of amides is 2. The molecule has 0 unspecified atom stereocenters. The highest BCUT2D eigenvalue weighted by Gasteiger charge is 2.34. The Labute approximate surface area is 239 Å². The maximum absolute atomic E-state index is 14.2. The van der Waals surface area contributed by atoms with E-state index >= 15 is 0 Å². The van der Waals surface area contributed by atoms with E-state index in [1.54, 1.807) is 30.3 Å². The lowest BCUT2D eigenvalue weighted by Crippen LogP contribution is -2.53. The van der Waals surface area contributed by atoms with Crippen LogP contribution in [-0.4, -0.2) is 43.8 Å². The third kappa shape index (κ3) is 7.50. The molecule has 0 aliphatic rings. The third-order valence-electron chi connectivity index (χ3n) is 6.76. The Kier molecular flexibility index (Phi) is 10.1. The van der Waals surface area contributed by atoms with E-state index in [0.29, 0.717) is 12.1 Å². The number of nitrogens with one attached hydrogen (secondary N) is 1. The second-order valence-electron chi connectivity index (χ2n) is 10.7. The zero-order valence-corrected chi connectivity index (χ0v) is 25.4. The SMILES string of the molecule is CC[C@H](C(=O)NC(C)C)N(Cc1cccc(C)c1)C(=O)CN(c1ccc(C)cc1C)S(=O)(=O)c1ccc(C)cc1. The van der Waals surface area contributed by atoms with Crippen LogP contribution in [0.1, 0.15) is 55.0 Å². The number of rotatable bonds is 11. The van der Waals surface area contributed by atoms with Crippen molar-refractivity contribution in [3.8, 4) is 0 Å². The molecule has 1 atom stereocenters. The van der Waals surface area contributed by atoms with Gasteiger partial charge in [0.2, 0.25) is 11.8 Å². The molecule has 8 heteroatoms. The number of hydrogen-bond acceptors (Lipinski definition) is 4. The quantitative estimate of drug-likeness (QED) is 0.336. The maximum Gasteiger partial charge on any atom is 0.264 e. The van der Waals surface area contributed by atoms with Crippen LogP contribution in [0.25, 0.3) is 0 Å². The molecule has 0 aromatic heterocycles. The number of carbonyl (C=O) groups is 2. The first-order chi connectivity index (χ1) is 18.8. The lowest BCUT2D eigenvalue weighted by molar-refractivity contribution is -0.140. The molecule has 3 rings (SSSR count). The van der Waals surface area contributed by atoms with E-state index in [0.717, 1.165) is 27.8 Å². The fraction of sp³-hybridized carbons (Fsp3) is 0.375. The van der Waals surface area contributed by atoms with Crippen molar-refractivity contribution in [2.45, 2.75) is 78.4 Å². The second-order valence-corrected chi connectivity index (χ2v) is 12.6. The van der Waals surface area contributed by atoms with Crippen LogP contribution in [0.3, 0.4) is 0 Å². The van der Waals surface area contributed by atoms with Gasteiger partial charge in [-0.1, -0.05) is 72.1 Å². The standard InChI is InChI=1S/C32H41N3O4S/c1-8-29(32(37)33-22(2)3)34(20-27-11-9-10-24(5)19-27)31(36)21-35(30-17-14-25(6)18-26(30)7)40(38,39)28-15-12-23(4)13-16-28/h9-19,22,29H,8,20-21H2,1-7H3,(H,33,37)/t29-/m1/s1.